The van der Waals surface area contributed by atoms with Crippen molar-refractivity contribution in [3.8, 4) is 0 Å². The summed E-state index contributed by atoms with van der Waals surface area (Å²) in [7, 11) is 0. The number of hydrogen-bond acceptors (Lipinski definition) is 5. The molecule has 1 fully saturated rings. The highest BCUT2D eigenvalue weighted by molar-refractivity contribution is 5.80. The van der Waals surface area contributed by atoms with Crippen LogP contribution in [-0.4, -0.2) is 25.0 Å². The van der Waals surface area contributed by atoms with Crippen LogP contribution in [0.2, 0.25) is 0 Å². The lowest BCUT2D eigenvalue weighted by Crippen LogP contribution is -2.02. The van der Waals surface area contributed by atoms with Gasteiger partial charge in [-0.05, 0) is 12.3 Å². The second-order valence-electron chi connectivity index (χ2n) is 3.98. The van der Waals surface area contributed by atoms with Gasteiger partial charge in [0, 0.05) is 6.54 Å². The van der Waals surface area contributed by atoms with Crippen molar-refractivity contribution < 1.29 is 0 Å². The summed E-state index contributed by atoms with van der Waals surface area (Å²) in [6, 6.07) is 0. The van der Waals surface area contributed by atoms with Gasteiger partial charge in [-0.3, -0.25) is 0 Å². The summed E-state index contributed by atoms with van der Waals surface area (Å²) in [6.45, 7) is 0.873. The van der Waals surface area contributed by atoms with Crippen LogP contribution in [0.3, 0.4) is 0 Å². The third-order valence-electron chi connectivity index (χ3n) is 2.77. The monoisotopic (exact) mass is 204 g/mol. The van der Waals surface area contributed by atoms with Gasteiger partial charge in [-0.25, -0.2) is 14.6 Å². The molecule has 0 radical (unpaired) electrons. The van der Waals surface area contributed by atoms with Gasteiger partial charge in [-0.15, -0.1) is 5.10 Å². The molecule has 0 aliphatic heterocycles. The molecule has 15 heavy (non-hydrogen) atoms. The standard InChI is InChI=1S/C9H12N6/c10-8-7-9(12-5-11-8)15(14-13-7)4-3-6-1-2-6/h5-6H,1-4H2,(H2,10,11,12). The maximum atomic E-state index is 5.67. The van der Waals surface area contributed by atoms with E-state index in [0.717, 1.165) is 24.5 Å². The number of nitrogen functional groups attached to an aromatic ring is 1. The number of nitrogens with two attached hydrogens (primary N) is 1. The Morgan fingerprint density at radius 1 is 1.40 bits per heavy atom. The molecule has 0 saturated heterocycles. The fourth-order valence-corrected chi connectivity index (χ4v) is 1.67. The first kappa shape index (κ1) is 8.58. The van der Waals surface area contributed by atoms with E-state index in [4.69, 9.17) is 5.73 Å². The van der Waals surface area contributed by atoms with Crippen molar-refractivity contribution in [1.82, 2.24) is 25.0 Å². The zero-order valence-electron chi connectivity index (χ0n) is 8.30. The Bertz CT molecular complexity index is 486. The topological polar surface area (TPSA) is 82.5 Å². The lowest BCUT2D eigenvalue weighted by Gasteiger charge is -1.99. The quantitative estimate of drug-likeness (QED) is 0.791. The first-order valence-corrected chi connectivity index (χ1v) is 5.14. The third-order valence-corrected chi connectivity index (χ3v) is 2.77. The first-order valence-electron chi connectivity index (χ1n) is 5.14. The maximum Gasteiger partial charge on any atom is 0.183 e. The molecule has 1 saturated carbocycles. The first-order chi connectivity index (χ1) is 7.34. The summed E-state index contributed by atoms with van der Waals surface area (Å²) in [5, 5.41) is 8.02. The zero-order valence-corrected chi connectivity index (χ0v) is 8.30. The highest BCUT2D eigenvalue weighted by Gasteiger charge is 2.21. The number of hydrogen-bond donors (Lipinski definition) is 1. The molecular weight excluding hydrogens is 192 g/mol. The lowest BCUT2D eigenvalue weighted by molar-refractivity contribution is 0.541. The van der Waals surface area contributed by atoms with Crippen molar-refractivity contribution in [3.05, 3.63) is 6.33 Å². The molecule has 2 heterocycles. The van der Waals surface area contributed by atoms with E-state index in [-0.39, 0.29) is 0 Å². The molecule has 6 heteroatoms. The van der Waals surface area contributed by atoms with Crippen molar-refractivity contribution in [2.45, 2.75) is 25.8 Å². The summed E-state index contributed by atoms with van der Waals surface area (Å²) >= 11 is 0. The average molecular weight is 204 g/mol. The number of aryl methyl sites for hydroxylation is 1. The second-order valence-corrected chi connectivity index (χ2v) is 3.98. The average Bonchev–Trinajstić information content (AvgIpc) is 2.97. The van der Waals surface area contributed by atoms with Gasteiger partial charge in [-0.2, -0.15) is 0 Å². The van der Waals surface area contributed by atoms with Crippen LogP contribution in [0.15, 0.2) is 6.33 Å². The van der Waals surface area contributed by atoms with Crippen LogP contribution in [0, 0.1) is 5.92 Å². The minimum Gasteiger partial charge on any atom is -0.382 e. The van der Waals surface area contributed by atoms with Crippen LogP contribution in [0.1, 0.15) is 19.3 Å². The van der Waals surface area contributed by atoms with E-state index in [1.165, 1.54) is 19.2 Å². The summed E-state index contributed by atoms with van der Waals surface area (Å²) in [4.78, 5) is 8.03. The molecule has 0 bridgehead atoms. The molecule has 0 atom stereocenters. The number of nitrogens with zero attached hydrogens (tertiary/aromatic N) is 5. The largest absolute Gasteiger partial charge is 0.382 e. The Balaban J connectivity index is 1.92. The smallest absolute Gasteiger partial charge is 0.183 e. The van der Waals surface area contributed by atoms with Gasteiger partial charge in [0.2, 0.25) is 0 Å². The molecule has 2 aromatic rings. The summed E-state index contributed by atoms with van der Waals surface area (Å²) in [5.41, 5.74) is 7.01. The molecule has 0 unspecified atom stereocenters. The Morgan fingerprint density at radius 3 is 3.07 bits per heavy atom. The van der Waals surface area contributed by atoms with E-state index >= 15 is 0 Å². The van der Waals surface area contributed by atoms with Gasteiger partial charge in [0.1, 0.15) is 6.33 Å². The molecule has 0 spiro atoms. The van der Waals surface area contributed by atoms with E-state index in [1.54, 1.807) is 0 Å². The van der Waals surface area contributed by atoms with Crippen molar-refractivity contribution >= 4 is 17.0 Å². The lowest BCUT2D eigenvalue weighted by atomic mass is 10.3. The fourth-order valence-electron chi connectivity index (χ4n) is 1.67. The summed E-state index contributed by atoms with van der Waals surface area (Å²) in [6.07, 6.45) is 5.31. The van der Waals surface area contributed by atoms with Crippen LogP contribution < -0.4 is 5.73 Å². The van der Waals surface area contributed by atoms with Gasteiger partial charge in [0.05, 0.1) is 0 Å². The van der Waals surface area contributed by atoms with Crippen molar-refractivity contribution in [2.24, 2.45) is 5.92 Å². The fraction of sp³-hybridized carbons (Fsp3) is 0.556. The predicted molar refractivity (Wildman–Crippen MR) is 54.9 cm³/mol. The molecule has 0 amide bonds. The normalized spacial score (nSPS) is 16.0. The predicted octanol–water partition coefficient (Wildman–Crippen LogP) is 0.604. The highest BCUT2D eigenvalue weighted by atomic mass is 15.4. The molecule has 1 aliphatic rings. The Labute approximate surface area is 86.5 Å². The second kappa shape index (κ2) is 3.15. The minimum atomic E-state index is 0.401. The molecule has 6 nitrogen and oxygen atoms in total. The SMILES string of the molecule is Nc1ncnc2c1nnn2CCC1CC1. The van der Waals surface area contributed by atoms with Crippen LogP contribution in [0.25, 0.3) is 11.2 Å². The van der Waals surface area contributed by atoms with Crippen LogP contribution in [0.5, 0.6) is 0 Å². The molecular formula is C9H12N6. The molecule has 78 valence electrons. The number of anilines is 1. The van der Waals surface area contributed by atoms with Crippen LogP contribution in [-0.2, 0) is 6.54 Å². The number of rotatable bonds is 3. The van der Waals surface area contributed by atoms with Gasteiger partial charge >= 0.3 is 0 Å². The Hall–Kier alpha value is -1.72. The zero-order chi connectivity index (χ0) is 10.3. The molecule has 1 aliphatic carbocycles. The van der Waals surface area contributed by atoms with E-state index < -0.39 is 0 Å². The number of fused-ring (bicyclic) bond motifs is 1. The molecule has 3 rings (SSSR count). The van der Waals surface area contributed by atoms with E-state index in [0.29, 0.717) is 11.3 Å². The number of aromatic nitrogens is 5. The van der Waals surface area contributed by atoms with Crippen LogP contribution >= 0.6 is 0 Å². The van der Waals surface area contributed by atoms with Gasteiger partial charge in [0.25, 0.3) is 0 Å². The van der Waals surface area contributed by atoms with Gasteiger partial charge in [0.15, 0.2) is 17.0 Å². The Kier molecular flexibility index (Phi) is 1.80. The van der Waals surface area contributed by atoms with E-state index in [2.05, 4.69) is 20.3 Å². The molecule has 0 aromatic carbocycles. The molecule has 2 N–H and O–H groups in total. The van der Waals surface area contributed by atoms with Crippen LogP contribution in [0.4, 0.5) is 5.82 Å². The van der Waals surface area contributed by atoms with Crippen molar-refractivity contribution in [2.75, 3.05) is 5.73 Å². The highest BCUT2D eigenvalue weighted by Crippen LogP contribution is 2.32. The maximum absolute atomic E-state index is 5.67. The van der Waals surface area contributed by atoms with E-state index in [1.807, 2.05) is 4.68 Å². The third kappa shape index (κ3) is 1.51. The summed E-state index contributed by atoms with van der Waals surface area (Å²) in [5.74, 6) is 1.28. The Morgan fingerprint density at radius 2 is 2.27 bits per heavy atom. The molecule has 2 aromatic heterocycles. The van der Waals surface area contributed by atoms with Crippen molar-refractivity contribution in [3.63, 3.8) is 0 Å². The van der Waals surface area contributed by atoms with Gasteiger partial charge < -0.3 is 5.73 Å². The summed E-state index contributed by atoms with van der Waals surface area (Å²) < 4.78 is 1.81. The van der Waals surface area contributed by atoms with Gasteiger partial charge in [-0.1, -0.05) is 18.1 Å². The minimum absolute atomic E-state index is 0.401. The van der Waals surface area contributed by atoms with Crippen molar-refractivity contribution in [1.29, 1.82) is 0 Å². The van der Waals surface area contributed by atoms with E-state index in [9.17, 15) is 0 Å².